The molecule has 166 valence electrons. The summed E-state index contributed by atoms with van der Waals surface area (Å²) in [6.45, 7) is 0.898. The van der Waals surface area contributed by atoms with E-state index in [4.69, 9.17) is 9.47 Å². The zero-order valence-electron chi connectivity index (χ0n) is 17.1. The number of nitro benzene ring substituents is 1. The van der Waals surface area contributed by atoms with E-state index in [9.17, 15) is 23.3 Å². The monoisotopic (exact) mass is 449 g/mol. The highest BCUT2D eigenvalue weighted by atomic mass is 32.2. The fraction of sp³-hybridized carbons (Fsp3) is 0.350. The Hall–Kier alpha value is -3.02. The number of hydrogen-bond donors (Lipinski definition) is 1. The largest absolute Gasteiger partial charge is 0.495 e. The van der Waals surface area contributed by atoms with Crippen LogP contribution in [0.3, 0.4) is 0 Å². The van der Waals surface area contributed by atoms with Crippen molar-refractivity contribution in [2.24, 2.45) is 0 Å². The van der Waals surface area contributed by atoms with Crippen molar-refractivity contribution in [2.75, 3.05) is 32.6 Å². The van der Waals surface area contributed by atoms with Gasteiger partial charge in [-0.3, -0.25) is 14.9 Å². The highest BCUT2D eigenvalue weighted by molar-refractivity contribution is 7.89. The lowest BCUT2D eigenvalue weighted by Gasteiger charge is -2.20. The highest BCUT2D eigenvalue weighted by Gasteiger charge is 2.26. The van der Waals surface area contributed by atoms with Gasteiger partial charge in [-0.1, -0.05) is 0 Å². The van der Waals surface area contributed by atoms with E-state index < -0.39 is 20.9 Å². The van der Waals surface area contributed by atoms with E-state index in [-0.39, 0.29) is 40.2 Å². The van der Waals surface area contributed by atoms with Gasteiger partial charge in [0.05, 0.1) is 28.7 Å². The summed E-state index contributed by atoms with van der Waals surface area (Å²) in [5.41, 5.74) is 0.121. The van der Waals surface area contributed by atoms with Crippen LogP contribution in [0.15, 0.2) is 47.4 Å². The average molecular weight is 449 g/mol. The number of non-ortho nitro benzene ring substituents is 1. The van der Waals surface area contributed by atoms with Crippen molar-refractivity contribution >= 4 is 27.3 Å². The maximum Gasteiger partial charge on any atom is 0.271 e. The van der Waals surface area contributed by atoms with Gasteiger partial charge in [-0.05, 0) is 43.2 Å². The molecule has 0 aromatic heterocycles. The number of hydrogen-bond acceptors (Lipinski definition) is 7. The molecule has 1 aliphatic heterocycles. The van der Waals surface area contributed by atoms with Crippen LogP contribution in [0, 0.1) is 10.1 Å². The highest BCUT2D eigenvalue weighted by Crippen LogP contribution is 2.29. The number of likely N-dealkylation sites (N-methyl/N-ethyl adjacent to an activating group) is 1. The molecule has 1 aliphatic rings. The second-order valence-electron chi connectivity index (χ2n) is 7.04. The molecule has 0 spiro atoms. The molecule has 1 saturated heterocycles. The molecule has 2 aromatic rings. The molecule has 10 nitrogen and oxygen atoms in total. The van der Waals surface area contributed by atoms with Crippen LogP contribution < -0.4 is 10.1 Å². The summed E-state index contributed by atoms with van der Waals surface area (Å²) in [6, 6.07) is 9.30. The van der Waals surface area contributed by atoms with E-state index in [0.717, 1.165) is 12.8 Å². The van der Waals surface area contributed by atoms with E-state index in [0.29, 0.717) is 6.61 Å². The number of carbonyl (C=O) groups is 1. The zero-order valence-corrected chi connectivity index (χ0v) is 17.9. The minimum absolute atomic E-state index is 0.0532. The van der Waals surface area contributed by atoms with Crippen LogP contribution in [0.2, 0.25) is 0 Å². The van der Waals surface area contributed by atoms with Gasteiger partial charge in [0.2, 0.25) is 10.0 Å². The summed E-state index contributed by atoms with van der Waals surface area (Å²) in [7, 11) is -0.856. The number of anilines is 1. The van der Waals surface area contributed by atoms with Gasteiger partial charge in [-0.25, -0.2) is 8.42 Å². The van der Waals surface area contributed by atoms with Crippen molar-refractivity contribution in [3.05, 3.63) is 58.1 Å². The van der Waals surface area contributed by atoms with Crippen LogP contribution >= 0.6 is 0 Å². The van der Waals surface area contributed by atoms with Gasteiger partial charge in [0.15, 0.2) is 0 Å². The Kier molecular flexibility index (Phi) is 6.88. The molecular weight excluding hydrogens is 426 g/mol. The summed E-state index contributed by atoms with van der Waals surface area (Å²) in [5.74, 6) is -0.302. The molecule has 2 aromatic carbocycles. The molecule has 3 rings (SSSR count). The Morgan fingerprint density at radius 3 is 2.58 bits per heavy atom. The minimum atomic E-state index is -3.73. The maximum atomic E-state index is 12.8. The third-order valence-electron chi connectivity index (χ3n) is 4.95. The number of methoxy groups -OCH3 is 1. The van der Waals surface area contributed by atoms with Crippen LogP contribution in [0.4, 0.5) is 11.4 Å². The molecule has 1 fully saturated rings. The summed E-state index contributed by atoms with van der Waals surface area (Å²) in [4.78, 5) is 23.0. The molecule has 0 saturated carbocycles. The third kappa shape index (κ3) is 5.19. The number of nitrogens with one attached hydrogen (secondary N) is 1. The number of rotatable bonds is 8. The Morgan fingerprint density at radius 2 is 2.00 bits per heavy atom. The molecule has 1 atom stereocenters. The Labute approximate surface area is 180 Å². The molecule has 1 heterocycles. The van der Waals surface area contributed by atoms with Crippen molar-refractivity contribution in [3.63, 3.8) is 0 Å². The van der Waals surface area contributed by atoms with Crippen LogP contribution in [0.25, 0.3) is 0 Å². The quantitative estimate of drug-likeness (QED) is 0.485. The number of sulfonamides is 1. The lowest BCUT2D eigenvalue weighted by Crippen LogP contribution is -2.34. The standard InChI is InChI=1S/C20H23N3O7S/c1-22(13-16-4-3-11-30-16)31(27,28)17-8-5-14(6-9-17)20(24)21-18-12-15(23(25)26)7-10-19(18)29-2/h5-10,12,16H,3-4,11,13H2,1-2H3,(H,21,24). The molecule has 0 radical (unpaired) electrons. The van der Waals surface area contributed by atoms with Crippen LogP contribution in [-0.2, 0) is 14.8 Å². The van der Waals surface area contributed by atoms with Crippen LogP contribution in [0.5, 0.6) is 5.75 Å². The maximum absolute atomic E-state index is 12.8. The smallest absolute Gasteiger partial charge is 0.271 e. The fourth-order valence-electron chi connectivity index (χ4n) is 3.23. The van der Waals surface area contributed by atoms with E-state index in [1.165, 1.54) is 60.9 Å². The molecule has 11 heteroatoms. The zero-order chi connectivity index (χ0) is 22.6. The molecule has 1 amide bonds. The molecule has 1 unspecified atom stereocenters. The van der Waals surface area contributed by atoms with E-state index >= 15 is 0 Å². The summed E-state index contributed by atoms with van der Waals surface area (Å²) < 4.78 is 37.4. The predicted octanol–water partition coefficient (Wildman–Crippen LogP) is 2.66. The first-order chi connectivity index (χ1) is 14.7. The van der Waals surface area contributed by atoms with Gasteiger partial charge in [0.25, 0.3) is 11.6 Å². The second-order valence-corrected chi connectivity index (χ2v) is 9.09. The topological polar surface area (TPSA) is 128 Å². The van der Waals surface area contributed by atoms with Gasteiger partial charge >= 0.3 is 0 Å². The number of carbonyl (C=O) groups excluding carboxylic acids is 1. The molecule has 0 aliphatic carbocycles. The molecular formula is C20H23N3O7S. The van der Waals surface area contributed by atoms with Gasteiger partial charge in [-0.15, -0.1) is 0 Å². The van der Waals surface area contributed by atoms with E-state index in [1.807, 2.05) is 0 Å². The first kappa shape index (κ1) is 22.7. The van der Waals surface area contributed by atoms with E-state index in [2.05, 4.69) is 5.32 Å². The summed E-state index contributed by atoms with van der Waals surface area (Å²) in [5, 5.41) is 13.5. The first-order valence-corrected chi connectivity index (χ1v) is 11.0. The lowest BCUT2D eigenvalue weighted by atomic mass is 10.2. The fourth-order valence-corrected chi connectivity index (χ4v) is 4.44. The molecule has 0 bridgehead atoms. The Morgan fingerprint density at radius 1 is 1.29 bits per heavy atom. The normalized spacial score (nSPS) is 16.3. The number of amides is 1. The van der Waals surface area contributed by atoms with Gasteiger partial charge < -0.3 is 14.8 Å². The minimum Gasteiger partial charge on any atom is -0.495 e. The third-order valence-corrected chi connectivity index (χ3v) is 6.79. The lowest BCUT2D eigenvalue weighted by molar-refractivity contribution is -0.384. The number of nitro groups is 1. The summed E-state index contributed by atoms with van der Waals surface area (Å²) >= 11 is 0. The van der Waals surface area contributed by atoms with Crippen molar-refractivity contribution in [3.8, 4) is 5.75 Å². The van der Waals surface area contributed by atoms with Crippen LogP contribution in [-0.4, -0.2) is 57.0 Å². The number of ether oxygens (including phenoxy) is 2. The molecule has 1 N–H and O–H groups in total. The van der Waals surface area contributed by atoms with Gasteiger partial charge in [0.1, 0.15) is 5.75 Å². The van der Waals surface area contributed by atoms with Crippen molar-refractivity contribution < 1.29 is 27.6 Å². The predicted molar refractivity (Wildman–Crippen MR) is 113 cm³/mol. The average Bonchev–Trinajstić information content (AvgIpc) is 3.26. The Bertz CT molecular complexity index is 1060. The first-order valence-electron chi connectivity index (χ1n) is 9.54. The van der Waals surface area contributed by atoms with E-state index in [1.54, 1.807) is 0 Å². The number of benzene rings is 2. The van der Waals surface area contributed by atoms with Gasteiger partial charge in [0, 0.05) is 37.9 Å². The molecule has 31 heavy (non-hydrogen) atoms. The van der Waals surface area contributed by atoms with Crippen molar-refractivity contribution in [2.45, 2.75) is 23.8 Å². The van der Waals surface area contributed by atoms with Gasteiger partial charge in [-0.2, -0.15) is 4.31 Å². The van der Waals surface area contributed by atoms with Crippen molar-refractivity contribution in [1.29, 1.82) is 0 Å². The second kappa shape index (κ2) is 9.41. The Balaban J connectivity index is 1.74. The number of nitrogens with zero attached hydrogens (tertiary/aromatic N) is 2. The summed E-state index contributed by atoms with van der Waals surface area (Å²) in [6.07, 6.45) is 1.62. The van der Waals surface area contributed by atoms with Crippen molar-refractivity contribution in [1.82, 2.24) is 4.31 Å². The SMILES string of the molecule is COc1ccc([N+](=O)[O-])cc1NC(=O)c1ccc(S(=O)(=O)N(C)CC2CCCO2)cc1. The van der Waals surface area contributed by atoms with Crippen LogP contribution in [0.1, 0.15) is 23.2 Å².